The predicted octanol–water partition coefficient (Wildman–Crippen LogP) is 2.72. The Bertz CT molecular complexity index is 617. The van der Waals surface area contributed by atoms with Crippen LogP contribution in [0.25, 0.3) is 0 Å². The number of fused-ring (bicyclic) bond motifs is 5. The van der Waals surface area contributed by atoms with E-state index in [9.17, 15) is 19.7 Å². The van der Waals surface area contributed by atoms with Crippen molar-refractivity contribution in [3.05, 3.63) is 29.1 Å². The zero-order valence-electron chi connectivity index (χ0n) is 12.8. The Morgan fingerprint density at radius 2 is 2.00 bits per heavy atom. The minimum Gasteiger partial charge on any atom is -0.505 e. The molecule has 0 unspecified atom stereocenters. The number of hydrogen-bond donors (Lipinski definition) is 3. The van der Waals surface area contributed by atoms with E-state index >= 15 is 0 Å². The molecule has 0 heterocycles. The van der Waals surface area contributed by atoms with Gasteiger partial charge in [-0.05, 0) is 72.5 Å². The van der Waals surface area contributed by atoms with Gasteiger partial charge in [-0.3, -0.25) is 0 Å². The average molecular weight is 306 g/mol. The maximum atomic E-state index is 14.2. The van der Waals surface area contributed by atoms with E-state index in [0.717, 1.165) is 24.8 Å². The Labute approximate surface area is 129 Å². The van der Waals surface area contributed by atoms with Crippen molar-refractivity contribution in [3.63, 3.8) is 0 Å². The molecular weight excluding hydrogens is 283 g/mol. The second-order valence-corrected chi connectivity index (χ2v) is 7.67. The smallest absolute Gasteiger partial charge is 0.168 e. The van der Waals surface area contributed by atoms with Gasteiger partial charge >= 0.3 is 0 Å². The molecule has 22 heavy (non-hydrogen) atoms. The molecule has 6 atom stereocenters. The second-order valence-electron chi connectivity index (χ2n) is 7.67. The van der Waals surface area contributed by atoms with Crippen LogP contribution in [0.5, 0.6) is 5.75 Å². The van der Waals surface area contributed by atoms with E-state index in [1.54, 1.807) is 0 Å². The fourth-order valence-corrected chi connectivity index (χ4v) is 5.60. The number of aliphatic hydroxyl groups excluding tert-OH is 2. The average Bonchev–Trinajstić information content (AvgIpc) is 2.74. The van der Waals surface area contributed by atoms with Gasteiger partial charge < -0.3 is 15.3 Å². The first-order valence-corrected chi connectivity index (χ1v) is 8.30. The minimum atomic E-state index is -0.642. The lowest BCUT2D eigenvalue weighted by atomic mass is 9.55. The van der Waals surface area contributed by atoms with Crippen molar-refractivity contribution in [3.8, 4) is 5.75 Å². The van der Waals surface area contributed by atoms with Gasteiger partial charge in [-0.2, -0.15) is 0 Å². The lowest BCUT2D eigenvalue weighted by Crippen LogP contribution is -2.44. The van der Waals surface area contributed by atoms with Gasteiger partial charge in [-0.1, -0.05) is 13.0 Å². The Morgan fingerprint density at radius 3 is 2.77 bits per heavy atom. The van der Waals surface area contributed by atoms with Crippen LogP contribution < -0.4 is 0 Å². The van der Waals surface area contributed by atoms with Crippen LogP contribution in [0.1, 0.15) is 49.7 Å². The SMILES string of the molecule is C[C@]12CC[C@@H]3c4ccc(O)c(F)c4CC[C@H]3[C@@H]1C[C@H](O)[C@@H]2O. The largest absolute Gasteiger partial charge is 0.505 e. The van der Waals surface area contributed by atoms with Crippen molar-refractivity contribution >= 4 is 0 Å². The highest BCUT2D eigenvalue weighted by molar-refractivity contribution is 5.41. The van der Waals surface area contributed by atoms with Crippen molar-refractivity contribution in [2.45, 2.75) is 57.2 Å². The van der Waals surface area contributed by atoms with E-state index in [4.69, 9.17) is 0 Å². The summed E-state index contributed by atoms with van der Waals surface area (Å²) in [4.78, 5) is 0. The number of rotatable bonds is 0. The van der Waals surface area contributed by atoms with Crippen molar-refractivity contribution in [2.75, 3.05) is 0 Å². The van der Waals surface area contributed by atoms with E-state index in [1.807, 2.05) is 6.07 Å². The molecule has 2 fully saturated rings. The first-order chi connectivity index (χ1) is 10.4. The lowest BCUT2D eigenvalue weighted by Gasteiger charge is -2.49. The predicted molar refractivity (Wildman–Crippen MR) is 80.1 cm³/mol. The molecule has 2 saturated carbocycles. The Balaban J connectivity index is 1.73. The highest BCUT2D eigenvalue weighted by Gasteiger charge is 2.57. The van der Waals surface area contributed by atoms with Crippen LogP contribution in [0.15, 0.2) is 12.1 Å². The van der Waals surface area contributed by atoms with E-state index in [0.29, 0.717) is 30.2 Å². The minimum absolute atomic E-state index is 0.215. The van der Waals surface area contributed by atoms with Crippen LogP contribution in [0.3, 0.4) is 0 Å². The summed E-state index contributed by atoms with van der Waals surface area (Å²) in [6.45, 7) is 2.10. The highest BCUT2D eigenvalue weighted by atomic mass is 19.1. The van der Waals surface area contributed by atoms with Crippen molar-refractivity contribution in [1.82, 2.24) is 0 Å². The summed E-state index contributed by atoms with van der Waals surface area (Å²) in [5.41, 5.74) is 1.49. The molecule has 3 aliphatic rings. The van der Waals surface area contributed by atoms with Gasteiger partial charge in [0.05, 0.1) is 12.2 Å². The molecule has 1 aromatic carbocycles. The van der Waals surface area contributed by atoms with Crippen LogP contribution in [0.4, 0.5) is 4.39 Å². The zero-order chi connectivity index (χ0) is 15.6. The third kappa shape index (κ3) is 1.74. The summed E-state index contributed by atoms with van der Waals surface area (Å²) in [7, 11) is 0. The number of phenols is 1. The quantitative estimate of drug-likeness (QED) is 0.690. The van der Waals surface area contributed by atoms with Crippen LogP contribution in [0, 0.1) is 23.1 Å². The van der Waals surface area contributed by atoms with Crippen LogP contribution in [-0.2, 0) is 6.42 Å². The third-order valence-electron chi connectivity index (χ3n) is 6.80. The van der Waals surface area contributed by atoms with Crippen LogP contribution in [-0.4, -0.2) is 27.5 Å². The number of aromatic hydroxyl groups is 1. The topological polar surface area (TPSA) is 60.7 Å². The molecule has 0 aliphatic heterocycles. The summed E-state index contributed by atoms with van der Waals surface area (Å²) in [5, 5.41) is 30.1. The number of benzene rings is 1. The molecule has 1 aromatic rings. The number of phenolic OH excluding ortho intramolecular Hbond substituents is 1. The zero-order valence-corrected chi connectivity index (χ0v) is 12.8. The Hall–Kier alpha value is -1.13. The van der Waals surface area contributed by atoms with Gasteiger partial charge in [-0.15, -0.1) is 0 Å². The molecule has 0 amide bonds. The maximum absolute atomic E-state index is 14.2. The lowest BCUT2D eigenvalue weighted by molar-refractivity contribution is -0.0506. The Morgan fingerprint density at radius 1 is 1.23 bits per heavy atom. The summed E-state index contributed by atoms with van der Waals surface area (Å²) < 4.78 is 14.2. The van der Waals surface area contributed by atoms with Crippen molar-refractivity contribution in [1.29, 1.82) is 0 Å². The maximum Gasteiger partial charge on any atom is 0.168 e. The van der Waals surface area contributed by atoms with Gasteiger partial charge in [0.1, 0.15) is 0 Å². The number of halogens is 1. The molecule has 3 nitrogen and oxygen atoms in total. The molecule has 4 heteroatoms. The van der Waals surface area contributed by atoms with Gasteiger partial charge in [0.15, 0.2) is 11.6 Å². The first kappa shape index (κ1) is 14.5. The molecule has 3 N–H and O–H groups in total. The summed E-state index contributed by atoms with van der Waals surface area (Å²) in [6, 6.07) is 3.33. The summed E-state index contributed by atoms with van der Waals surface area (Å²) in [6.07, 6.45) is 2.66. The summed E-state index contributed by atoms with van der Waals surface area (Å²) in [5.74, 6) is 0.248. The normalized spacial score (nSPS) is 43.4. The molecule has 3 aliphatic carbocycles. The van der Waals surface area contributed by atoms with Crippen LogP contribution in [0.2, 0.25) is 0 Å². The molecule has 120 valence electrons. The highest BCUT2D eigenvalue weighted by Crippen LogP contribution is 2.61. The molecule has 0 spiro atoms. The van der Waals surface area contributed by atoms with E-state index < -0.39 is 18.0 Å². The fraction of sp³-hybridized carbons (Fsp3) is 0.667. The van der Waals surface area contributed by atoms with E-state index in [1.165, 1.54) is 6.07 Å². The molecule has 0 saturated heterocycles. The third-order valence-corrected chi connectivity index (χ3v) is 6.80. The summed E-state index contributed by atoms with van der Waals surface area (Å²) >= 11 is 0. The van der Waals surface area contributed by atoms with Gasteiger partial charge in [0.25, 0.3) is 0 Å². The van der Waals surface area contributed by atoms with Gasteiger partial charge in [0, 0.05) is 0 Å². The number of hydrogen-bond acceptors (Lipinski definition) is 3. The molecule has 0 aromatic heterocycles. The van der Waals surface area contributed by atoms with E-state index in [2.05, 4.69) is 6.92 Å². The standard InChI is InChI=1S/C18H23FO3/c1-18-7-6-10-9-4-5-14(20)16(19)12(9)3-2-11(10)13(18)8-15(21)17(18)22/h4-5,10-11,13,15,17,20-22H,2-3,6-8H2,1H3/t10-,11-,13+,15+,17+,18+/m1/s1. The molecule has 0 bridgehead atoms. The molecular formula is C18H23FO3. The Kier molecular flexibility index (Phi) is 3.08. The monoisotopic (exact) mass is 306 g/mol. The molecule has 4 rings (SSSR count). The van der Waals surface area contributed by atoms with Crippen molar-refractivity contribution in [2.24, 2.45) is 17.3 Å². The van der Waals surface area contributed by atoms with Gasteiger partial charge in [-0.25, -0.2) is 4.39 Å². The first-order valence-electron chi connectivity index (χ1n) is 8.30. The van der Waals surface area contributed by atoms with Crippen molar-refractivity contribution < 1.29 is 19.7 Å². The van der Waals surface area contributed by atoms with E-state index in [-0.39, 0.29) is 17.1 Å². The fourth-order valence-electron chi connectivity index (χ4n) is 5.60. The van der Waals surface area contributed by atoms with Gasteiger partial charge in [0.2, 0.25) is 0 Å². The number of aliphatic hydroxyl groups is 2. The second kappa shape index (κ2) is 4.68. The molecule has 0 radical (unpaired) electrons. The van der Waals surface area contributed by atoms with Crippen LogP contribution >= 0.6 is 0 Å².